The third kappa shape index (κ3) is 9.28. The van der Waals surface area contributed by atoms with Gasteiger partial charge < -0.3 is 10.6 Å². The monoisotopic (exact) mass is 260 g/mol. The summed E-state index contributed by atoms with van der Waals surface area (Å²) >= 11 is 9.76. The Morgan fingerprint density at radius 2 is 1.31 bits per heavy atom. The van der Waals surface area contributed by atoms with Crippen molar-refractivity contribution in [1.82, 2.24) is 21.5 Å². The molecule has 0 aliphatic heterocycles. The highest BCUT2D eigenvalue weighted by molar-refractivity contribution is 7.80. The summed E-state index contributed by atoms with van der Waals surface area (Å²) in [5.74, 6) is 0. The van der Waals surface area contributed by atoms with Crippen LogP contribution in [0.1, 0.15) is 13.8 Å². The molecule has 0 saturated heterocycles. The zero-order valence-electron chi connectivity index (χ0n) is 9.28. The molecule has 0 atom stereocenters. The van der Waals surface area contributed by atoms with Gasteiger partial charge in [-0.15, -0.1) is 0 Å². The van der Waals surface area contributed by atoms with Crippen LogP contribution in [0.4, 0.5) is 0 Å². The third-order valence-corrected chi connectivity index (χ3v) is 1.69. The first-order chi connectivity index (χ1) is 7.70. The Labute approximate surface area is 106 Å². The lowest BCUT2D eigenvalue weighted by Gasteiger charge is -2.02. The molecule has 0 unspecified atom stereocenters. The van der Waals surface area contributed by atoms with Gasteiger partial charge in [0.2, 0.25) is 0 Å². The van der Waals surface area contributed by atoms with Gasteiger partial charge in [0.1, 0.15) is 0 Å². The Morgan fingerprint density at radius 1 is 0.938 bits per heavy atom. The quantitative estimate of drug-likeness (QED) is 0.315. The fourth-order valence-corrected chi connectivity index (χ4v) is 1.05. The molecule has 8 heteroatoms. The summed E-state index contributed by atoms with van der Waals surface area (Å²) in [6, 6.07) is 0. The molecule has 0 heterocycles. The zero-order chi connectivity index (χ0) is 12.2. The summed E-state index contributed by atoms with van der Waals surface area (Å²) in [5, 5.41) is 14.3. The van der Waals surface area contributed by atoms with Gasteiger partial charge in [0.05, 0.1) is 12.4 Å². The van der Waals surface area contributed by atoms with Crippen molar-refractivity contribution in [2.75, 3.05) is 13.1 Å². The van der Waals surface area contributed by atoms with Crippen LogP contribution in [0.15, 0.2) is 10.2 Å². The van der Waals surface area contributed by atoms with Crippen LogP contribution in [0, 0.1) is 0 Å². The number of hydrogen-bond donors (Lipinski definition) is 4. The van der Waals surface area contributed by atoms with E-state index in [2.05, 4.69) is 31.7 Å². The summed E-state index contributed by atoms with van der Waals surface area (Å²) in [4.78, 5) is 0. The van der Waals surface area contributed by atoms with Crippen LogP contribution in [0.2, 0.25) is 0 Å². The van der Waals surface area contributed by atoms with Gasteiger partial charge in [-0.25, -0.2) is 0 Å². The molecule has 0 saturated carbocycles. The standard InChI is InChI=1S/C8H16N6S2/c1-3-9-7(15)13-11-5-6-12-14-8(16)10-4-2/h5-6H,3-4H2,1-2H3,(H2,9,13,15)(H2,10,14,16)/b11-5+,12-6+. The van der Waals surface area contributed by atoms with Crippen LogP contribution in [-0.2, 0) is 0 Å². The highest BCUT2D eigenvalue weighted by Gasteiger charge is 1.87. The van der Waals surface area contributed by atoms with Crippen molar-refractivity contribution >= 4 is 47.1 Å². The first-order valence-corrected chi connectivity index (χ1v) is 5.64. The van der Waals surface area contributed by atoms with Gasteiger partial charge in [-0.3, -0.25) is 10.9 Å². The second kappa shape index (κ2) is 10.2. The second-order valence-electron chi connectivity index (χ2n) is 2.50. The van der Waals surface area contributed by atoms with Gasteiger partial charge >= 0.3 is 0 Å². The van der Waals surface area contributed by atoms with Crippen molar-refractivity contribution in [1.29, 1.82) is 0 Å². The SMILES string of the molecule is CCNC(=S)N/N=C/C=N/NC(=S)NCC. The maximum Gasteiger partial charge on any atom is 0.186 e. The molecule has 0 aromatic heterocycles. The largest absolute Gasteiger partial charge is 0.362 e. The summed E-state index contributed by atoms with van der Waals surface area (Å²) in [7, 11) is 0. The number of hydrogen-bond acceptors (Lipinski definition) is 4. The van der Waals surface area contributed by atoms with Crippen molar-refractivity contribution < 1.29 is 0 Å². The second-order valence-corrected chi connectivity index (χ2v) is 3.32. The lowest BCUT2D eigenvalue weighted by molar-refractivity contribution is 0.901. The average Bonchev–Trinajstić information content (AvgIpc) is 2.24. The highest BCUT2D eigenvalue weighted by atomic mass is 32.1. The van der Waals surface area contributed by atoms with Crippen LogP contribution in [0.5, 0.6) is 0 Å². The molecular formula is C8H16N6S2. The minimum atomic E-state index is 0.475. The first kappa shape index (κ1) is 14.7. The minimum Gasteiger partial charge on any atom is -0.362 e. The normalized spacial score (nSPS) is 10.4. The minimum absolute atomic E-state index is 0.475. The Morgan fingerprint density at radius 3 is 1.62 bits per heavy atom. The fraction of sp³-hybridized carbons (Fsp3) is 0.500. The maximum atomic E-state index is 4.88. The molecule has 0 amide bonds. The van der Waals surface area contributed by atoms with Gasteiger partial charge in [0, 0.05) is 13.1 Å². The van der Waals surface area contributed by atoms with E-state index in [0.717, 1.165) is 13.1 Å². The number of thiocarbonyl (C=S) groups is 2. The van der Waals surface area contributed by atoms with Crippen LogP contribution in [0.25, 0.3) is 0 Å². The number of nitrogens with one attached hydrogen (secondary N) is 4. The van der Waals surface area contributed by atoms with Gasteiger partial charge in [0.15, 0.2) is 10.2 Å². The van der Waals surface area contributed by atoms with E-state index in [1.54, 1.807) is 0 Å². The first-order valence-electron chi connectivity index (χ1n) is 4.83. The van der Waals surface area contributed by atoms with Gasteiger partial charge in [-0.1, -0.05) is 0 Å². The van der Waals surface area contributed by atoms with E-state index >= 15 is 0 Å². The van der Waals surface area contributed by atoms with Crippen LogP contribution in [-0.4, -0.2) is 35.7 Å². The summed E-state index contributed by atoms with van der Waals surface area (Å²) < 4.78 is 0. The zero-order valence-corrected chi connectivity index (χ0v) is 10.9. The van der Waals surface area contributed by atoms with E-state index in [4.69, 9.17) is 24.4 Å². The highest BCUT2D eigenvalue weighted by Crippen LogP contribution is 1.66. The van der Waals surface area contributed by atoms with E-state index in [1.165, 1.54) is 12.4 Å². The fourth-order valence-electron chi connectivity index (χ4n) is 0.659. The Kier molecular flexibility index (Phi) is 9.43. The Hall–Kier alpha value is -1.28. The van der Waals surface area contributed by atoms with Crippen LogP contribution < -0.4 is 21.5 Å². The third-order valence-electron chi connectivity index (χ3n) is 1.22. The molecule has 6 nitrogen and oxygen atoms in total. The predicted molar refractivity (Wildman–Crippen MR) is 75.8 cm³/mol. The predicted octanol–water partition coefficient (Wildman–Crippen LogP) is -0.0740. The molecule has 0 aromatic rings. The van der Waals surface area contributed by atoms with Crippen LogP contribution >= 0.6 is 24.4 Å². The molecule has 0 aliphatic rings. The molecule has 90 valence electrons. The van der Waals surface area contributed by atoms with Gasteiger partial charge in [-0.2, -0.15) is 10.2 Å². The van der Waals surface area contributed by atoms with E-state index in [9.17, 15) is 0 Å². The lowest BCUT2D eigenvalue weighted by Crippen LogP contribution is -2.32. The van der Waals surface area contributed by atoms with E-state index in [0.29, 0.717) is 10.2 Å². The smallest absolute Gasteiger partial charge is 0.186 e. The molecule has 0 rings (SSSR count). The molecule has 0 bridgehead atoms. The van der Waals surface area contributed by atoms with Crippen molar-refractivity contribution in [2.24, 2.45) is 10.2 Å². The van der Waals surface area contributed by atoms with Crippen LogP contribution in [0.3, 0.4) is 0 Å². The molecule has 0 fully saturated rings. The number of hydrazone groups is 2. The summed E-state index contributed by atoms with van der Waals surface area (Å²) in [5.41, 5.74) is 5.24. The van der Waals surface area contributed by atoms with Crippen molar-refractivity contribution in [2.45, 2.75) is 13.8 Å². The molecule has 4 N–H and O–H groups in total. The maximum absolute atomic E-state index is 4.88. The molecule has 0 spiro atoms. The van der Waals surface area contributed by atoms with Gasteiger partial charge in [0.25, 0.3) is 0 Å². The summed E-state index contributed by atoms with van der Waals surface area (Å²) in [6.45, 7) is 5.41. The lowest BCUT2D eigenvalue weighted by atomic mass is 10.7. The molecule has 16 heavy (non-hydrogen) atoms. The van der Waals surface area contributed by atoms with Crippen molar-refractivity contribution in [3.8, 4) is 0 Å². The molecule has 0 radical (unpaired) electrons. The van der Waals surface area contributed by atoms with Gasteiger partial charge in [-0.05, 0) is 38.3 Å². The molecular weight excluding hydrogens is 244 g/mol. The number of rotatable bonds is 5. The van der Waals surface area contributed by atoms with E-state index < -0.39 is 0 Å². The summed E-state index contributed by atoms with van der Waals surface area (Å²) in [6.07, 6.45) is 2.93. The van der Waals surface area contributed by atoms with E-state index in [1.807, 2.05) is 13.8 Å². The van der Waals surface area contributed by atoms with Crippen molar-refractivity contribution in [3.63, 3.8) is 0 Å². The van der Waals surface area contributed by atoms with E-state index in [-0.39, 0.29) is 0 Å². The molecule has 0 aromatic carbocycles. The van der Waals surface area contributed by atoms with Crippen molar-refractivity contribution in [3.05, 3.63) is 0 Å². The average molecular weight is 260 g/mol. The topological polar surface area (TPSA) is 72.8 Å². The molecule has 0 aliphatic carbocycles. The Bertz CT molecular complexity index is 248. The number of nitrogens with zero attached hydrogens (tertiary/aromatic N) is 2. The Balaban J connectivity index is 3.63.